The summed E-state index contributed by atoms with van der Waals surface area (Å²) in [6.07, 6.45) is 4.48. The number of pyridine rings is 1. The second-order valence-corrected chi connectivity index (χ2v) is 5.16. The molecule has 1 aromatic carbocycles. The molecule has 0 spiro atoms. The largest absolute Gasteiger partial charge is 0.385 e. The lowest BCUT2D eigenvalue weighted by molar-refractivity contribution is 0.102. The highest BCUT2D eigenvalue weighted by atomic mass is 16.1. The van der Waals surface area contributed by atoms with Crippen LogP contribution in [0.4, 0.5) is 11.4 Å². The molecule has 2 N–H and O–H groups in total. The highest BCUT2D eigenvalue weighted by Crippen LogP contribution is 2.18. The summed E-state index contributed by atoms with van der Waals surface area (Å²) in [4.78, 5) is 16.3. The average Bonchev–Trinajstić information content (AvgIpc) is 2.46. The summed E-state index contributed by atoms with van der Waals surface area (Å²) in [6, 6.07) is 7.59. The quantitative estimate of drug-likeness (QED) is 0.878. The van der Waals surface area contributed by atoms with Crippen LogP contribution in [0.25, 0.3) is 0 Å². The molecular weight excluding hydrogens is 262 g/mol. The molecule has 0 saturated heterocycles. The predicted octanol–water partition coefficient (Wildman–Crippen LogP) is 3.77. The number of nitrogens with zero attached hydrogens (tertiary/aromatic N) is 1. The summed E-state index contributed by atoms with van der Waals surface area (Å²) >= 11 is 0. The van der Waals surface area contributed by atoms with Crippen molar-refractivity contribution in [2.24, 2.45) is 0 Å². The van der Waals surface area contributed by atoms with Gasteiger partial charge in [0.15, 0.2) is 0 Å². The van der Waals surface area contributed by atoms with Gasteiger partial charge in [-0.25, -0.2) is 0 Å². The molecular formula is C17H21N3O. The Morgan fingerprint density at radius 2 is 2.00 bits per heavy atom. The zero-order valence-corrected chi connectivity index (χ0v) is 12.7. The fraction of sp³-hybridized carbons (Fsp3) is 0.294. The first-order valence-corrected chi connectivity index (χ1v) is 7.17. The Morgan fingerprint density at radius 1 is 1.19 bits per heavy atom. The van der Waals surface area contributed by atoms with Gasteiger partial charge in [-0.2, -0.15) is 0 Å². The van der Waals surface area contributed by atoms with Gasteiger partial charge in [-0.15, -0.1) is 0 Å². The van der Waals surface area contributed by atoms with Crippen molar-refractivity contribution in [1.82, 2.24) is 4.98 Å². The second-order valence-electron chi connectivity index (χ2n) is 5.16. The van der Waals surface area contributed by atoms with E-state index in [0.717, 1.165) is 29.8 Å². The van der Waals surface area contributed by atoms with Crippen molar-refractivity contribution < 1.29 is 4.79 Å². The van der Waals surface area contributed by atoms with Crippen molar-refractivity contribution >= 4 is 17.3 Å². The molecule has 0 aliphatic heterocycles. The third kappa shape index (κ3) is 4.05. The van der Waals surface area contributed by atoms with Crippen molar-refractivity contribution in [2.75, 3.05) is 17.2 Å². The van der Waals surface area contributed by atoms with Crippen LogP contribution in [-0.2, 0) is 0 Å². The minimum absolute atomic E-state index is 0.118. The van der Waals surface area contributed by atoms with Gasteiger partial charge in [-0.1, -0.05) is 6.92 Å². The normalized spacial score (nSPS) is 10.2. The molecule has 0 bridgehead atoms. The molecule has 1 amide bonds. The Labute approximate surface area is 125 Å². The van der Waals surface area contributed by atoms with Crippen LogP contribution in [0.5, 0.6) is 0 Å². The van der Waals surface area contributed by atoms with Gasteiger partial charge in [0.2, 0.25) is 0 Å². The van der Waals surface area contributed by atoms with Crippen molar-refractivity contribution in [3.05, 3.63) is 53.3 Å². The van der Waals surface area contributed by atoms with Crippen LogP contribution in [0.1, 0.15) is 34.8 Å². The number of nitrogens with one attached hydrogen (secondary N) is 2. The standard InChI is InChI=1S/C17H21N3O/c1-4-7-19-16-6-5-14(9-13(16)3)17(21)20-15-8-12(2)10-18-11-15/h5-6,8-11,19H,4,7H2,1-3H3,(H,20,21). The Morgan fingerprint density at radius 3 is 2.67 bits per heavy atom. The molecule has 2 rings (SSSR count). The summed E-state index contributed by atoms with van der Waals surface area (Å²) in [5, 5.41) is 6.21. The van der Waals surface area contributed by atoms with E-state index < -0.39 is 0 Å². The van der Waals surface area contributed by atoms with Crippen molar-refractivity contribution in [3.8, 4) is 0 Å². The van der Waals surface area contributed by atoms with Crippen LogP contribution < -0.4 is 10.6 Å². The van der Waals surface area contributed by atoms with E-state index >= 15 is 0 Å². The third-order valence-electron chi connectivity index (χ3n) is 3.19. The predicted molar refractivity (Wildman–Crippen MR) is 86.9 cm³/mol. The van der Waals surface area contributed by atoms with E-state index in [1.165, 1.54) is 0 Å². The van der Waals surface area contributed by atoms with Crippen LogP contribution in [0.15, 0.2) is 36.7 Å². The molecule has 4 nitrogen and oxygen atoms in total. The number of benzene rings is 1. The maximum atomic E-state index is 12.2. The van der Waals surface area contributed by atoms with Gasteiger partial charge in [0, 0.05) is 24.0 Å². The smallest absolute Gasteiger partial charge is 0.255 e. The number of hydrogen-bond acceptors (Lipinski definition) is 3. The lowest BCUT2D eigenvalue weighted by Crippen LogP contribution is -2.13. The Kier molecular flexibility index (Phi) is 4.93. The molecule has 1 heterocycles. The number of hydrogen-bond donors (Lipinski definition) is 2. The molecule has 4 heteroatoms. The number of amides is 1. The first kappa shape index (κ1) is 15.0. The summed E-state index contributed by atoms with van der Waals surface area (Å²) < 4.78 is 0. The topological polar surface area (TPSA) is 54.0 Å². The molecule has 0 radical (unpaired) electrons. The van der Waals surface area contributed by atoms with E-state index in [4.69, 9.17) is 0 Å². The zero-order valence-electron chi connectivity index (χ0n) is 12.7. The highest BCUT2D eigenvalue weighted by Gasteiger charge is 2.08. The molecule has 0 aliphatic carbocycles. The Bertz CT molecular complexity index is 638. The number of anilines is 2. The SMILES string of the molecule is CCCNc1ccc(C(=O)Nc2cncc(C)c2)cc1C. The molecule has 0 fully saturated rings. The molecule has 21 heavy (non-hydrogen) atoms. The molecule has 0 aliphatic rings. The molecule has 1 aromatic heterocycles. The number of carbonyl (C=O) groups excluding carboxylic acids is 1. The first-order chi connectivity index (χ1) is 10.1. The minimum atomic E-state index is -0.118. The first-order valence-electron chi connectivity index (χ1n) is 7.17. The minimum Gasteiger partial charge on any atom is -0.385 e. The van der Waals surface area contributed by atoms with E-state index in [2.05, 4.69) is 22.5 Å². The summed E-state index contributed by atoms with van der Waals surface area (Å²) in [5.74, 6) is -0.118. The lowest BCUT2D eigenvalue weighted by Gasteiger charge is -2.11. The van der Waals surface area contributed by atoms with E-state index in [1.54, 1.807) is 12.4 Å². The van der Waals surface area contributed by atoms with Crippen LogP contribution in [0.3, 0.4) is 0 Å². The van der Waals surface area contributed by atoms with Gasteiger partial charge in [0.05, 0.1) is 11.9 Å². The number of rotatable bonds is 5. The van der Waals surface area contributed by atoms with Crippen molar-refractivity contribution in [3.63, 3.8) is 0 Å². The van der Waals surface area contributed by atoms with E-state index in [9.17, 15) is 4.79 Å². The maximum Gasteiger partial charge on any atom is 0.255 e. The average molecular weight is 283 g/mol. The van der Waals surface area contributed by atoms with Gasteiger partial charge in [0.25, 0.3) is 5.91 Å². The zero-order chi connectivity index (χ0) is 15.2. The molecule has 0 atom stereocenters. The third-order valence-corrected chi connectivity index (χ3v) is 3.19. The fourth-order valence-electron chi connectivity index (χ4n) is 2.09. The van der Waals surface area contributed by atoms with Crippen LogP contribution >= 0.6 is 0 Å². The summed E-state index contributed by atoms with van der Waals surface area (Å²) in [6.45, 7) is 7.01. The van der Waals surface area contributed by atoms with Gasteiger partial charge in [-0.05, 0) is 55.7 Å². The summed E-state index contributed by atoms with van der Waals surface area (Å²) in [7, 11) is 0. The molecule has 0 saturated carbocycles. The van der Waals surface area contributed by atoms with Crippen molar-refractivity contribution in [2.45, 2.75) is 27.2 Å². The van der Waals surface area contributed by atoms with Crippen LogP contribution in [0.2, 0.25) is 0 Å². The number of aromatic nitrogens is 1. The number of carbonyl (C=O) groups is 1. The van der Waals surface area contributed by atoms with Crippen LogP contribution in [-0.4, -0.2) is 17.4 Å². The lowest BCUT2D eigenvalue weighted by atomic mass is 10.1. The van der Waals surface area contributed by atoms with E-state index in [-0.39, 0.29) is 5.91 Å². The molecule has 2 aromatic rings. The van der Waals surface area contributed by atoms with Gasteiger partial charge >= 0.3 is 0 Å². The second kappa shape index (κ2) is 6.88. The van der Waals surface area contributed by atoms with E-state index in [0.29, 0.717) is 11.3 Å². The van der Waals surface area contributed by atoms with Gasteiger partial charge < -0.3 is 10.6 Å². The number of aryl methyl sites for hydroxylation is 2. The van der Waals surface area contributed by atoms with Crippen LogP contribution in [0, 0.1) is 13.8 Å². The molecule has 110 valence electrons. The monoisotopic (exact) mass is 283 g/mol. The Hall–Kier alpha value is -2.36. The van der Waals surface area contributed by atoms with E-state index in [1.807, 2.05) is 38.1 Å². The van der Waals surface area contributed by atoms with Crippen molar-refractivity contribution in [1.29, 1.82) is 0 Å². The fourth-order valence-corrected chi connectivity index (χ4v) is 2.09. The maximum absolute atomic E-state index is 12.2. The van der Waals surface area contributed by atoms with Gasteiger partial charge in [-0.3, -0.25) is 9.78 Å². The van der Waals surface area contributed by atoms with Gasteiger partial charge in [0.1, 0.15) is 0 Å². The summed E-state index contributed by atoms with van der Waals surface area (Å²) in [5.41, 5.74) is 4.52. The highest BCUT2D eigenvalue weighted by molar-refractivity contribution is 6.04. The Balaban J connectivity index is 2.11. The molecule has 0 unspecified atom stereocenters.